The number of hydrogen-bond acceptors (Lipinski definition) is 4. The summed E-state index contributed by atoms with van der Waals surface area (Å²) in [5.74, 6) is 0.579. The number of hydrogen-bond donors (Lipinski definition) is 1. The Morgan fingerprint density at radius 2 is 2.00 bits per heavy atom. The number of benzene rings is 1. The van der Waals surface area contributed by atoms with Crippen LogP contribution in [0, 0.1) is 12.8 Å². The molecule has 5 nitrogen and oxygen atoms in total. The van der Waals surface area contributed by atoms with E-state index in [-0.39, 0.29) is 17.4 Å². The maximum absolute atomic E-state index is 12.6. The van der Waals surface area contributed by atoms with Crippen molar-refractivity contribution in [2.24, 2.45) is 5.92 Å². The molecule has 5 heteroatoms. The fourth-order valence-electron chi connectivity index (χ4n) is 3.14. The molecule has 2 N–H and O–H groups in total. The summed E-state index contributed by atoms with van der Waals surface area (Å²) in [5.41, 5.74) is 8.64. The molecule has 2 aromatic rings. The number of amides is 1. The summed E-state index contributed by atoms with van der Waals surface area (Å²) in [6.45, 7) is 3.61. The number of nitrogens with zero attached hydrogens (tertiary/aromatic N) is 3. The fourth-order valence-corrected chi connectivity index (χ4v) is 3.14. The van der Waals surface area contributed by atoms with Crippen molar-refractivity contribution >= 4 is 11.7 Å². The van der Waals surface area contributed by atoms with Crippen LogP contribution in [0.4, 0.5) is 5.82 Å². The number of carbonyl (C=O) groups is 1. The lowest BCUT2D eigenvalue weighted by Gasteiger charge is -2.32. The minimum atomic E-state index is -0.107. The summed E-state index contributed by atoms with van der Waals surface area (Å²) in [7, 11) is 0. The van der Waals surface area contributed by atoms with Crippen molar-refractivity contribution < 1.29 is 4.79 Å². The SMILES string of the molecule is Cc1ccc(C[C@@H]2CCCN(C(=O)c3nccnc3N)C2)cc1. The van der Waals surface area contributed by atoms with Gasteiger partial charge in [-0.05, 0) is 37.7 Å². The Bertz CT molecular complexity index is 684. The van der Waals surface area contributed by atoms with Crippen molar-refractivity contribution in [3.05, 3.63) is 53.5 Å². The second-order valence-electron chi connectivity index (χ2n) is 6.24. The maximum Gasteiger partial charge on any atom is 0.276 e. The number of nitrogen functional groups attached to an aromatic ring is 1. The molecule has 3 rings (SSSR count). The number of nitrogens with two attached hydrogens (primary N) is 1. The van der Waals surface area contributed by atoms with Gasteiger partial charge in [-0.1, -0.05) is 29.8 Å². The smallest absolute Gasteiger partial charge is 0.276 e. The van der Waals surface area contributed by atoms with Crippen LogP contribution >= 0.6 is 0 Å². The molecule has 23 heavy (non-hydrogen) atoms. The summed E-state index contributed by atoms with van der Waals surface area (Å²) < 4.78 is 0. The normalized spacial score (nSPS) is 18.0. The van der Waals surface area contributed by atoms with Crippen LogP contribution in [0.15, 0.2) is 36.7 Å². The number of aromatic nitrogens is 2. The Kier molecular flexibility index (Phi) is 4.55. The number of rotatable bonds is 3. The van der Waals surface area contributed by atoms with E-state index < -0.39 is 0 Å². The molecule has 0 bridgehead atoms. The molecule has 1 aromatic heterocycles. The topological polar surface area (TPSA) is 72.1 Å². The highest BCUT2D eigenvalue weighted by atomic mass is 16.2. The predicted molar refractivity (Wildman–Crippen MR) is 90.0 cm³/mol. The van der Waals surface area contributed by atoms with E-state index in [1.165, 1.54) is 23.5 Å². The number of aryl methyl sites for hydroxylation is 1. The molecule has 0 radical (unpaired) electrons. The molecule has 1 amide bonds. The van der Waals surface area contributed by atoms with Crippen LogP contribution in [0.2, 0.25) is 0 Å². The number of likely N-dealkylation sites (tertiary alicyclic amines) is 1. The highest BCUT2D eigenvalue weighted by Crippen LogP contribution is 2.22. The van der Waals surface area contributed by atoms with Gasteiger partial charge in [-0.2, -0.15) is 0 Å². The second kappa shape index (κ2) is 6.77. The molecule has 1 saturated heterocycles. The molecule has 1 aliphatic heterocycles. The van der Waals surface area contributed by atoms with Crippen molar-refractivity contribution in [3.8, 4) is 0 Å². The lowest BCUT2D eigenvalue weighted by molar-refractivity contribution is 0.0668. The molecule has 2 heterocycles. The first-order valence-electron chi connectivity index (χ1n) is 8.05. The van der Waals surface area contributed by atoms with Gasteiger partial charge in [-0.15, -0.1) is 0 Å². The Labute approximate surface area is 136 Å². The lowest BCUT2D eigenvalue weighted by Crippen LogP contribution is -2.41. The molecular formula is C18H22N4O. The molecule has 1 atom stereocenters. The van der Waals surface area contributed by atoms with E-state index in [1.54, 1.807) is 0 Å². The van der Waals surface area contributed by atoms with Gasteiger partial charge >= 0.3 is 0 Å². The first kappa shape index (κ1) is 15.5. The van der Waals surface area contributed by atoms with Gasteiger partial charge in [0.1, 0.15) is 0 Å². The molecular weight excluding hydrogens is 288 g/mol. The second-order valence-corrected chi connectivity index (χ2v) is 6.24. The van der Waals surface area contributed by atoms with E-state index >= 15 is 0 Å². The van der Waals surface area contributed by atoms with Gasteiger partial charge < -0.3 is 10.6 Å². The minimum absolute atomic E-state index is 0.107. The van der Waals surface area contributed by atoms with Crippen LogP contribution in [0.1, 0.15) is 34.5 Å². The fraction of sp³-hybridized carbons (Fsp3) is 0.389. The van der Waals surface area contributed by atoms with E-state index in [0.29, 0.717) is 5.92 Å². The van der Waals surface area contributed by atoms with E-state index in [1.807, 2.05) is 4.90 Å². The molecule has 0 spiro atoms. The molecule has 0 saturated carbocycles. The molecule has 120 valence electrons. The van der Waals surface area contributed by atoms with Gasteiger partial charge in [0.15, 0.2) is 11.5 Å². The van der Waals surface area contributed by atoms with Gasteiger partial charge in [0, 0.05) is 25.5 Å². The molecule has 0 aliphatic carbocycles. The van der Waals surface area contributed by atoms with Gasteiger partial charge in [-0.3, -0.25) is 4.79 Å². The third kappa shape index (κ3) is 3.67. The van der Waals surface area contributed by atoms with Crippen molar-refractivity contribution in [3.63, 3.8) is 0 Å². The largest absolute Gasteiger partial charge is 0.382 e. The van der Waals surface area contributed by atoms with Crippen molar-refractivity contribution in [2.45, 2.75) is 26.2 Å². The van der Waals surface area contributed by atoms with Crippen molar-refractivity contribution in [1.82, 2.24) is 14.9 Å². The summed E-state index contributed by atoms with van der Waals surface area (Å²) >= 11 is 0. The van der Waals surface area contributed by atoms with Crippen LogP contribution in [-0.4, -0.2) is 33.9 Å². The van der Waals surface area contributed by atoms with Crippen molar-refractivity contribution in [2.75, 3.05) is 18.8 Å². The molecule has 1 aliphatic rings. The zero-order valence-corrected chi connectivity index (χ0v) is 13.4. The summed E-state index contributed by atoms with van der Waals surface area (Å²) in [4.78, 5) is 22.5. The average molecular weight is 310 g/mol. The summed E-state index contributed by atoms with van der Waals surface area (Å²) in [5, 5.41) is 0. The first-order chi connectivity index (χ1) is 11.1. The van der Waals surface area contributed by atoms with Gasteiger partial charge in [0.05, 0.1) is 0 Å². The summed E-state index contributed by atoms with van der Waals surface area (Å²) in [6, 6.07) is 8.64. The zero-order valence-electron chi connectivity index (χ0n) is 13.4. The molecule has 0 unspecified atom stereocenters. The number of piperidine rings is 1. The first-order valence-corrected chi connectivity index (χ1v) is 8.05. The quantitative estimate of drug-likeness (QED) is 0.945. The van der Waals surface area contributed by atoms with Gasteiger partial charge in [0.25, 0.3) is 5.91 Å². The third-order valence-corrected chi connectivity index (χ3v) is 4.38. The Morgan fingerprint density at radius 3 is 2.74 bits per heavy atom. The van der Waals surface area contributed by atoms with Gasteiger partial charge in [0.2, 0.25) is 0 Å². The predicted octanol–water partition coefficient (Wildman–Crippen LogP) is 2.46. The van der Waals surface area contributed by atoms with Crippen LogP contribution in [0.25, 0.3) is 0 Å². The lowest BCUT2D eigenvalue weighted by atomic mass is 9.91. The Hall–Kier alpha value is -2.43. The standard InChI is InChI=1S/C18H22N4O/c1-13-4-6-14(7-5-13)11-15-3-2-10-22(12-15)18(23)16-17(19)21-9-8-20-16/h4-9,15H,2-3,10-12H2,1H3,(H2,19,21)/t15-/m0/s1. The Morgan fingerprint density at radius 1 is 1.26 bits per heavy atom. The van der Waals surface area contributed by atoms with Crippen LogP contribution < -0.4 is 5.73 Å². The van der Waals surface area contributed by atoms with Gasteiger partial charge in [-0.25, -0.2) is 9.97 Å². The van der Waals surface area contributed by atoms with E-state index in [9.17, 15) is 4.79 Å². The van der Waals surface area contributed by atoms with Crippen LogP contribution in [0.3, 0.4) is 0 Å². The van der Waals surface area contributed by atoms with Crippen LogP contribution in [0.5, 0.6) is 0 Å². The molecule has 1 fully saturated rings. The van der Waals surface area contributed by atoms with Crippen LogP contribution in [-0.2, 0) is 6.42 Å². The highest BCUT2D eigenvalue weighted by Gasteiger charge is 2.26. The Balaban J connectivity index is 1.67. The monoisotopic (exact) mass is 310 g/mol. The molecule has 1 aromatic carbocycles. The summed E-state index contributed by atoms with van der Waals surface area (Å²) in [6.07, 6.45) is 6.18. The van der Waals surface area contributed by atoms with E-state index in [0.717, 1.165) is 32.4 Å². The van der Waals surface area contributed by atoms with E-state index in [2.05, 4.69) is 41.2 Å². The van der Waals surface area contributed by atoms with E-state index in [4.69, 9.17) is 5.73 Å². The minimum Gasteiger partial charge on any atom is -0.382 e. The number of anilines is 1. The highest BCUT2D eigenvalue weighted by molar-refractivity contribution is 5.96. The average Bonchev–Trinajstić information content (AvgIpc) is 2.57. The van der Waals surface area contributed by atoms with Crippen molar-refractivity contribution in [1.29, 1.82) is 0 Å². The third-order valence-electron chi connectivity index (χ3n) is 4.38. The maximum atomic E-state index is 12.6. The zero-order chi connectivity index (χ0) is 16.2. The number of carbonyl (C=O) groups excluding carboxylic acids is 1.